The van der Waals surface area contributed by atoms with Crippen LogP contribution in [0.4, 0.5) is 4.39 Å². The van der Waals surface area contributed by atoms with Crippen LogP contribution in [0.25, 0.3) is 0 Å². The number of halogens is 1. The summed E-state index contributed by atoms with van der Waals surface area (Å²) in [5.41, 5.74) is 2.14. The monoisotopic (exact) mass is 230 g/mol. The second-order valence-electron chi connectivity index (χ2n) is 4.51. The molecule has 0 atom stereocenters. The van der Waals surface area contributed by atoms with E-state index in [0.717, 1.165) is 11.3 Å². The average molecular weight is 230 g/mol. The summed E-state index contributed by atoms with van der Waals surface area (Å²) in [7, 11) is 0. The molecule has 0 unspecified atom stereocenters. The summed E-state index contributed by atoms with van der Waals surface area (Å²) < 4.78 is 12.6. The highest BCUT2D eigenvalue weighted by Crippen LogP contribution is 2.29. The average Bonchev–Trinajstić information content (AvgIpc) is 2.40. The number of rotatable bonds is 3. The molecule has 2 rings (SSSR count). The van der Waals surface area contributed by atoms with Crippen molar-refractivity contribution < 1.29 is 4.39 Å². The molecule has 2 heterocycles. The first-order valence-electron chi connectivity index (χ1n) is 5.57. The molecule has 0 bridgehead atoms. The maximum Gasteiger partial charge on any atom is 0.131 e. The molecule has 88 valence electrons. The third kappa shape index (κ3) is 2.33. The van der Waals surface area contributed by atoms with E-state index < -0.39 is 6.67 Å². The lowest BCUT2D eigenvalue weighted by Gasteiger charge is -2.24. The van der Waals surface area contributed by atoms with E-state index in [-0.39, 0.29) is 5.41 Å². The Kier molecular flexibility index (Phi) is 3.18. The number of alkyl halides is 1. The van der Waals surface area contributed by atoms with Crippen LogP contribution < -0.4 is 0 Å². The molecule has 0 aromatic carbocycles. The number of pyridine rings is 2. The maximum atomic E-state index is 12.6. The van der Waals surface area contributed by atoms with Crippen LogP contribution in [0.3, 0.4) is 0 Å². The van der Waals surface area contributed by atoms with Gasteiger partial charge in [0.2, 0.25) is 0 Å². The molecule has 17 heavy (non-hydrogen) atoms. The zero-order valence-corrected chi connectivity index (χ0v) is 10.0. The van der Waals surface area contributed by atoms with E-state index >= 15 is 0 Å². The summed E-state index contributed by atoms with van der Waals surface area (Å²) in [4.78, 5) is 8.45. The minimum Gasteiger partial charge on any atom is -0.264 e. The van der Waals surface area contributed by atoms with Crippen LogP contribution in [0.1, 0.15) is 30.8 Å². The van der Waals surface area contributed by atoms with Crippen LogP contribution in [0, 0.1) is 0 Å². The van der Waals surface area contributed by atoms with Gasteiger partial charge >= 0.3 is 0 Å². The molecule has 0 saturated carbocycles. The first kappa shape index (κ1) is 11.7. The molecule has 0 spiro atoms. The second-order valence-corrected chi connectivity index (χ2v) is 4.51. The van der Waals surface area contributed by atoms with Gasteiger partial charge in [0.15, 0.2) is 0 Å². The van der Waals surface area contributed by atoms with E-state index in [1.54, 1.807) is 12.3 Å². The fourth-order valence-corrected chi connectivity index (χ4v) is 1.78. The third-order valence-corrected chi connectivity index (χ3v) is 2.97. The quantitative estimate of drug-likeness (QED) is 0.808. The van der Waals surface area contributed by atoms with Crippen molar-refractivity contribution in [3.8, 4) is 0 Å². The summed E-state index contributed by atoms with van der Waals surface area (Å²) >= 11 is 0. The molecule has 2 nitrogen and oxygen atoms in total. The van der Waals surface area contributed by atoms with Gasteiger partial charge in [0.05, 0.1) is 11.4 Å². The molecular formula is C14H15FN2. The minimum absolute atomic E-state index is 0.264. The van der Waals surface area contributed by atoms with Crippen LogP contribution in [0.2, 0.25) is 0 Å². The lowest BCUT2D eigenvalue weighted by atomic mass is 9.82. The van der Waals surface area contributed by atoms with Crippen LogP contribution in [0.5, 0.6) is 0 Å². The van der Waals surface area contributed by atoms with Crippen molar-refractivity contribution >= 4 is 0 Å². The Morgan fingerprint density at radius 2 is 2.00 bits per heavy atom. The first-order chi connectivity index (χ1) is 8.14. The molecular weight excluding hydrogens is 215 g/mol. The van der Waals surface area contributed by atoms with Crippen molar-refractivity contribution in [3.63, 3.8) is 0 Å². The van der Waals surface area contributed by atoms with E-state index in [1.807, 2.05) is 30.5 Å². The maximum absolute atomic E-state index is 12.6. The van der Waals surface area contributed by atoms with E-state index in [9.17, 15) is 4.39 Å². The van der Waals surface area contributed by atoms with E-state index in [4.69, 9.17) is 0 Å². The van der Waals surface area contributed by atoms with Crippen molar-refractivity contribution in [2.45, 2.75) is 25.9 Å². The second kappa shape index (κ2) is 4.62. The number of hydrogen-bond donors (Lipinski definition) is 0. The molecule has 0 radical (unpaired) electrons. The van der Waals surface area contributed by atoms with Crippen LogP contribution in [-0.2, 0) is 12.1 Å². The van der Waals surface area contributed by atoms with Gasteiger partial charge in [-0.15, -0.1) is 0 Å². The van der Waals surface area contributed by atoms with Gasteiger partial charge in [-0.25, -0.2) is 4.39 Å². The van der Waals surface area contributed by atoms with Crippen molar-refractivity contribution in [1.29, 1.82) is 0 Å². The molecule has 0 saturated heterocycles. The molecule has 0 amide bonds. The minimum atomic E-state index is -0.531. The Morgan fingerprint density at radius 1 is 1.18 bits per heavy atom. The molecule has 0 aliphatic rings. The van der Waals surface area contributed by atoms with Gasteiger partial charge < -0.3 is 0 Å². The van der Waals surface area contributed by atoms with Gasteiger partial charge in [0.1, 0.15) is 6.67 Å². The van der Waals surface area contributed by atoms with Crippen molar-refractivity contribution in [2.24, 2.45) is 0 Å². The van der Waals surface area contributed by atoms with Gasteiger partial charge in [-0.2, -0.15) is 0 Å². The predicted octanol–water partition coefficient (Wildman–Crippen LogP) is 3.27. The fourth-order valence-electron chi connectivity index (χ4n) is 1.78. The summed E-state index contributed by atoms with van der Waals surface area (Å²) in [5, 5.41) is 0. The van der Waals surface area contributed by atoms with E-state index in [1.165, 1.54) is 0 Å². The van der Waals surface area contributed by atoms with E-state index in [0.29, 0.717) is 5.69 Å². The highest BCUT2D eigenvalue weighted by molar-refractivity contribution is 5.32. The van der Waals surface area contributed by atoms with Gasteiger partial charge in [-0.3, -0.25) is 9.97 Å². The predicted molar refractivity (Wildman–Crippen MR) is 65.4 cm³/mol. The van der Waals surface area contributed by atoms with Gasteiger partial charge in [0.25, 0.3) is 0 Å². The van der Waals surface area contributed by atoms with Crippen LogP contribution in [-0.4, -0.2) is 9.97 Å². The smallest absolute Gasteiger partial charge is 0.131 e. The fraction of sp³-hybridized carbons (Fsp3) is 0.286. The molecule has 3 heteroatoms. The molecule has 2 aromatic heterocycles. The highest BCUT2D eigenvalue weighted by Gasteiger charge is 2.24. The van der Waals surface area contributed by atoms with Crippen molar-refractivity contribution in [3.05, 3.63) is 59.7 Å². The summed E-state index contributed by atoms with van der Waals surface area (Å²) in [6.07, 6.45) is 3.56. The normalized spacial score (nSPS) is 11.5. The van der Waals surface area contributed by atoms with Crippen LogP contribution in [0.15, 0.2) is 42.7 Å². The standard InChI is InChI=1S/C14H15FN2/c1-14(2,11-5-4-8-16-10-11)13-7-3-6-12(9-15)17-13/h3-8,10H,9H2,1-2H3. The summed E-state index contributed by atoms with van der Waals surface area (Å²) in [6.45, 7) is 3.60. The SMILES string of the molecule is CC(C)(c1cccnc1)c1cccc(CF)n1. The molecule has 2 aromatic rings. The van der Waals surface area contributed by atoms with Crippen molar-refractivity contribution in [2.75, 3.05) is 0 Å². The highest BCUT2D eigenvalue weighted by atomic mass is 19.1. The van der Waals surface area contributed by atoms with Crippen LogP contribution >= 0.6 is 0 Å². The first-order valence-corrected chi connectivity index (χ1v) is 5.57. The van der Waals surface area contributed by atoms with Gasteiger partial charge in [-0.05, 0) is 23.8 Å². The van der Waals surface area contributed by atoms with E-state index in [2.05, 4.69) is 23.8 Å². The summed E-state index contributed by atoms with van der Waals surface area (Å²) in [5.74, 6) is 0. The Balaban J connectivity index is 2.44. The topological polar surface area (TPSA) is 25.8 Å². The largest absolute Gasteiger partial charge is 0.264 e. The third-order valence-electron chi connectivity index (χ3n) is 2.97. The number of aromatic nitrogens is 2. The Morgan fingerprint density at radius 3 is 2.65 bits per heavy atom. The molecule has 0 N–H and O–H groups in total. The van der Waals surface area contributed by atoms with Gasteiger partial charge in [-0.1, -0.05) is 26.0 Å². The zero-order chi connectivity index (χ0) is 12.3. The molecule has 0 aliphatic heterocycles. The summed E-state index contributed by atoms with van der Waals surface area (Å²) in [6, 6.07) is 9.37. The Hall–Kier alpha value is -1.77. The lowest BCUT2D eigenvalue weighted by Crippen LogP contribution is -2.21. The number of hydrogen-bond acceptors (Lipinski definition) is 2. The molecule has 0 aliphatic carbocycles. The Labute approximate surface area is 101 Å². The molecule has 0 fully saturated rings. The lowest BCUT2D eigenvalue weighted by molar-refractivity contribution is 0.471. The zero-order valence-electron chi connectivity index (χ0n) is 10.0. The van der Waals surface area contributed by atoms with Crippen molar-refractivity contribution in [1.82, 2.24) is 9.97 Å². The Bertz CT molecular complexity index is 495. The van der Waals surface area contributed by atoms with Gasteiger partial charge in [0, 0.05) is 17.8 Å². The number of nitrogens with zero attached hydrogens (tertiary/aromatic N) is 2.